The lowest BCUT2D eigenvalue weighted by molar-refractivity contribution is 0.00578. The molecule has 0 bridgehead atoms. The molecule has 1 saturated carbocycles. The molecule has 2 atom stereocenters. The first-order chi connectivity index (χ1) is 9.87. The third-order valence-corrected chi connectivity index (χ3v) is 6.04. The number of rotatable bonds is 2. The molecular weight excluding hydrogens is 281 g/mol. The Labute approximate surface area is 129 Å². The van der Waals surface area contributed by atoms with Gasteiger partial charge >= 0.3 is 7.12 Å². The SMILES string of the molecule is CC1(C)OB([C@H]2C[C@@H]2c2ccc3ncsc3c2)OC1(C)C. The van der Waals surface area contributed by atoms with Gasteiger partial charge in [-0.3, -0.25) is 0 Å². The first kappa shape index (κ1) is 13.7. The van der Waals surface area contributed by atoms with Gasteiger partial charge in [-0.15, -0.1) is 11.3 Å². The van der Waals surface area contributed by atoms with Crippen molar-refractivity contribution in [1.82, 2.24) is 4.98 Å². The van der Waals surface area contributed by atoms with Crippen molar-refractivity contribution >= 4 is 28.7 Å². The molecule has 0 radical (unpaired) electrons. The average Bonchev–Trinajstić information content (AvgIpc) is 3.00. The highest BCUT2D eigenvalue weighted by Crippen LogP contribution is 2.58. The van der Waals surface area contributed by atoms with E-state index in [1.54, 1.807) is 11.3 Å². The molecule has 1 aliphatic heterocycles. The van der Waals surface area contributed by atoms with Gasteiger partial charge in [-0.05, 0) is 57.7 Å². The monoisotopic (exact) mass is 301 g/mol. The summed E-state index contributed by atoms with van der Waals surface area (Å²) in [5, 5.41) is 0. The minimum atomic E-state index is -0.230. The second kappa shape index (κ2) is 4.31. The minimum absolute atomic E-state index is 0.0721. The van der Waals surface area contributed by atoms with Crippen molar-refractivity contribution in [2.75, 3.05) is 0 Å². The van der Waals surface area contributed by atoms with E-state index < -0.39 is 0 Å². The van der Waals surface area contributed by atoms with Crippen LogP contribution in [0.25, 0.3) is 10.2 Å². The molecule has 0 amide bonds. The first-order valence-electron chi connectivity index (χ1n) is 7.56. The van der Waals surface area contributed by atoms with Crippen molar-refractivity contribution < 1.29 is 9.31 Å². The van der Waals surface area contributed by atoms with E-state index >= 15 is 0 Å². The minimum Gasteiger partial charge on any atom is -0.403 e. The van der Waals surface area contributed by atoms with E-state index in [-0.39, 0.29) is 18.3 Å². The summed E-state index contributed by atoms with van der Waals surface area (Å²) in [5.74, 6) is 1.04. The van der Waals surface area contributed by atoms with Crippen molar-refractivity contribution in [2.45, 2.75) is 57.1 Å². The van der Waals surface area contributed by atoms with Gasteiger partial charge in [0.1, 0.15) is 0 Å². The molecular formula is C16H20BNO2S. The van der Waals surface area contributed by atoms with E-state index in [0.29, 0.717) is 11.7 Å². The largest absolute Gasteiger partial charge is 0.461 e. The summed E-state index contributed by atoms with van der Waals surface area (Å²) in [7, 11) is -0.0721. The first-order valence-corrected chi connectivity index (χ1v) is 8.44. The Morgan fingerprint density at radius 1 is 1.19 bits per heavy atom. The maximum Gasteiger partial charge on any atom is 0.461 e. The predicted molar refractivity (Wildman–Crippen MR) is 86.8 cm³/mol. The summed E-state index contributed by atoms with van der Waals surface area (Å²) in [4.78, 5) is 4.34. The second-order valence-electron chi connectivity index (χ2n) is 7.21. The van der Waals surface area contributed by atoms with E-state index in [4.69, 9.17) is 9.31 Å². The zero-order valence-electron chi connectivity index (χ0n) is 12.9. The van der Waals surface area contributed by atoms with Crippen LogP contribution in [0.5, 0.6) is 0 Å². The Morgan fingerprint density at radius 2 is 1.90 bits per heavy atom. The highest BCUT2D eigenvalue weighted by atomic mass is 32.1. The number of nitrogens with zero attached hydrogens (tertiary/aromatic N) is 1. The molecule has 0 spiro atoms. The van der Waals surface area contributed by atoms with Gasteiger partial charge in [-0.25, -0.2) is 4.98 Å². The molecule has 0 N–H and O–H groups in total. The van der Waals surface area contributed by atoms with E-state index in [1.165, 1.54) is 10.3 Å². The third-order valence-electron chi connectivity index (χ3n) is 5.24. The van der Waals surface area contributed by atoms with Gasteiger partial charge in [0.05, 0.1) is 26.9 Å². The van der Waals surface area contributed by atoms with Crippen molar-refractivity contribution in [2.24, 2.45) is 0 Å². The molecule has 4 rings (SSSR count). The van der Waals surface area contributed by atoms with Crippen LogP contribution in [0.15, 0.2) is 23.7 Å². The number of hydrogen-bond acceptors (Lipinski definition) is 4. The number of hydrogen-bond donors (Lipinski definition) is 0. The van der Waals surface area contributed by atoms with Gasteiger partial charge in [-0.1, -0.05) is 6.07 Å². The Hall–Kier alpha value is -0.905. The summed E-state index contributed by atoms with van der Waals surface area (Å²) in [6.07, 6.45) is 1.15. The Morgan fingerprint density at radius 3 is 2.62 bits per heavy atom. The molecule has 21 heavy (non-hydrogen) atoms. The number of benzene rings is 1. The Kier molecular flexibility index (Phi) is 2.82. The third kappa shape index (κ3) is 2.14. The summed E-state index contributed by atoms with van der Waals surface area (Å²) < 4.78 is 13.6. The topological polar surface area (TPSA) is 31.4 Å². The molecule has 0 unspecified atom stereocenters. The summed E-state index contributed by atoms with van der Waals surface area (Å²) in [6, 6.07) is 6.61. The second-order valence-corrected chi connectivity index (χ2v) is 8.10. The zero-order chi connectivity index (χ0) is 14.8. The lowest BCUT2D eigenvalue weighted by Crippen LogP contribution is -2.41. The van der Waals surface area contributed by atoms with Crippen LogP contribution in [0.2, 0.25) is 5.82 Å². The van der Waals surface area contributed by atoms with Gasteiger partial charge in [0.15, 0.2) is 0 Å². The average molecular weight is 301 g/mol. The van der Waals surface area contributed by atoms with E-state index in [9.17, 15) is 0 Å². The molecule has 1 saturated heterocycles. The molecule has 1 aromatic heterocycles. The fourth-order valence-corrected chi connectivity index (χ4v) is 3.79. The van der Waals surface area contributed by atoms with Gasteiger partial charge in [-0.2, -0.15) is 0 Å². The highest BCUT2D eigenvalue weighted by molar-refractivity contribution is 7.16. The molecule has 2 aromatic rings. The summed E-state index contributed by atoms with van der Waals surface area (Å²) in [5.41, 5.74) is 3.94. The predicted octanol–water partition coefficient (Wildman–Crippen LogP) is 4.25. The maximum atomic E-state index is 6.18. The maximum absolute atomic E-state index is 6.18. The fourth-order valence-electron chi connectivity index (χ4n) is 3.06. The number of fused-ring (bicyclic) bond motifs is 1. The van der Waals surface area contributed by atoms with Crippen LogP contribution in [0, 0.1) is 0 Å². The van der Waals surface area contributed by atoms with Gasteiger partial charge in [0.25, 0.3) is 0 Å². The van der Waals surface area contributed by atoms with Crippen LogP contribution in [0.4, 0.5) is 0 Å². The molecule has 1 aromatic carbocycles. The number of aromatic nitrogens is 1. The normalized spacial score (nSPS) is 30.0. The lowest BCUT2D eigenvalue weighted by Gasteiger charge is -2.32. The Bertz CT molecular complexity index is 680. The van der Waals surface area contributed by atoms with E-state index in [1.807, 2.05) is 5.51 Å². The summed E-state index contributed by atoms with van der Waals surface area (Å²) >= 11 is 1.71. The fraction of sp³-hybridized carbons (Fsp3) is 0.562. The van der Waals surface area contributed by atoms with Crippen LogP contribution >= 0.6 is 11.3 Å². The van der Waals surface area contributed by atoms with Gasteiger partial charge < -0.3 is 9.31 Å². The van der Waals surface area contributed by atoms with Crippen LogP contribution in [-0.4, -0.2) is 23.3 Å². The van der Waals surface area contributed by atoms with Crippen LogP contribution < -0.4 is 0 Å². The van der Waals surface area contributed by atoms with E-state index in [2.05, 4.69) is 50.9 Å². The molecule has 3 nitrogen and oxygen atoms in total. The molecule has 2 aliphatic rings. The quantitative estimate of drug-likeness (QED) is 0.777. The lowest BCUT2D eigenvalue weighted by atomic mass is 9.79. The standard InChI is InChI=1S/C16H20BNO2S/c1-15(2)16(3,4)20-17(19-15)12-8-11(12)10-5-6-13-14(7-10)21-9-18-13/h5-7,9,11-12H,8H2,1-4H3/t11-,12+/m1/s1. The van der Waals surface area contributed by atoms with Crippen molar-refractivity contribution in [3.05, 3.63) is 29.3 Å². The molecule has 1 aliphatic carbocycles. The van der Waals surface area contributed by atoms with Crippen molar-refractivity contribution in [3.63, 3.8) is 0 Å². The Balaban J connectivity index is 1.53. The van der Waals surface area contributed by atoms with Crippen molar-refractivity contribution in [1.29, 1.82) is 0 Å². The van der Waals surface area contributed by atoms with Crippen LogP contribution in [0.3, 0.4) is 0 Å². The van der Waals surface area contributed by atoms with Crippen molar-refractivity contribution in [3.8, 4) is 0 Å². The zero-order valence-corrected chi connectivity index (χ0v) is 13.7. The highest BCUT2D eigenvalue weighted by Gasteiger charge is 2.59. The van der Waals surface area contributed by atoms with Crippen LogP contribution in [-0.2, 0) is 9.31 Å². The van der Waals surface area contributed by atoms with Crippen LogP contribution in [0.1, 0.15) is 45.6 Å². The number of thiazole rings is 1. The molecule has 110 valence electrons. The van der Waals surface area contributed by atoms with E-state index in [0.717, 1.165) is 11.9 Å². The molecule has 5 heteroatoms. The molecule has 2 heterocycles. The molecule has 2 fully saturated rings. The van der Waals surface area contributed by atoms with Gasteiger partial charge in [0.2, 0.25) is 0 Å². The smallest absolute Gasteiger partial charge is 0.403 e. The summed E-state index contributed by atoms with van der Waals surface area (Å²) in [6.45, 7) is 8.48. The van der Waals surface area contributed by atoms with Gasteiger partial charge in [0, 0.05) is 5.82 Å².